The molecule has 0 heterocycles. The number of carbonyl (C=O) groups is 3. The summed E-state index contributed by atoms with van der Waals surface area (Å²) in [6.45, 7) is 16.3. The first kappa shape index (κ1) is 22.4. The number of carbonyl (C=O) groups excluding carboxylic acids is 2. The molecule has 0 spiro atoms. The summed E-state index contributed by atoms with van der Waals surface area (Å²) in [6, 6.07) is 0. The first-order valence-electron chi connectivity index (χ1n) is 4.96. The summed E-state index contributed by atoms with van der Waals surface area (Å²) in [5, 5.41) is 13.9. The van der Waals surface area contributed by atoms with E-state index in [2.05, 4.69) is 35.8 Å². The fourth-order valence-corrected chi connectivity index (χ4v) is 0.353. The van der Waals surface area contributed by atoms with Gasteiger partial charge in [0.2, 0.25) is 0 Å². The predicted octanol–water partition coefficient (Wildman–Crippen LogP) is 2.72. The topological polar surface area (TPSA) is 110 Å². The van der Waals surface area contributed by atoms with Crippen molar-refractivity contribution in [2.45, 2.75) is 13.8 Å². The van der Waals surface area contributed by atoms with Crippen molar-refractivity contribution in [1.29, 1.82) is 0 Å². The van der Waals surface area contributed by atoms with Crippen molar-refractivity contribution in [1.82, 2.24) is 0 Å². The van der Waals surface area contributed by atoms with Gasteiger partial charge in [-0.05, 0) is 13.8 Å². The minimum atomic E-state index is -1.83. The molecular formula is C13H18O7. The number of rotatable bonds is 4. The minimum Gasteiger partial charge on any atom is -0.450 e. The van der Waals surface area contributed by atoms with Crippen LogP contribution in [0.15, 0.2) is 50.0 Å². The van der Waals surface area contributed by atoms with Crippen LogP contribution in [0, 0.1) is 0 Å². The van der Waals surface area contributed by atoms with Gasteiger partial charge in [-0.1, -0.05) is 26.3 Å². The van der Waals surface area contributed by atoms with Crippen molar-refractivity contribution in [3.63, 3.8) is 0 Å². The van der Waals surface area contributed by atoms with E-state index in [0.717, 1.165) is 12.5 Å². The Balaban J connectivity index is -0.000000230. The molecule has 7 heteroatoms. The van der Waals surface area contributed by atoms with Crippen LogP contribution in [0.1, 0.15) is 13.8 Å². The molecule has 0 aromatic carbocycles. The first-order valence-corrected chi connectivity index (χ1v) is 4.96. The molecule has 0 unspecified atom stereocenters. The number of hydrogen-bond donors (Lipinski definition) is 2. The van der Waals surface area contributed by atoms with Crippen LogP contribution in [0.4, 0.5) is 4.79 Å². The van der Waals surface area contributed by atoms with E-state index in [4.69, 9.17) is 15.0 Å². The van der Waals surface area contributed by atoms with Crippen LogP contribution in [0.5, 0.6) is 0 Å². The second kappa shape index (κ2) is 14.2. The van der Waals surface area contributed by atoms with E-state index in [9.17, 15) is 9.59 Å². The number of esters is 2. The summed E-state index contributed by atoms with van der Waals surface area (Å²) in [5.41, 5.74) is 0.759. The molecule has 0 bridgehead atoms. The second-order valence-electron chi connectivity index (χ2n) is 2.99. The zero-order chi connectivity index (χ0) is 16.7. The fraction of sp³-hybridized carbons (Fsp3) is 0.154. The average Bonchev–Trinajstić information content (AvgIpc) is 2.29. The third kappa shape index (κ3) is 24.4. The van der Waals surface area contributed by atoms with Gasteiger partial charge in [-0.25, -0.2) is 14.4 Å². The molecule has 0 saturated carbocycles. The number of ether oxygens (including phenoxy) is 2. The van der Waals surface area contributed by atoms with E-state index < -0.39 is 18.1 Å². The maximum Gasteiger partial charge on any atom is 0.503 e. The van der Waals surface area contributed by atoms with E-state index in [0.29, 0.717) is 11.1 Å². The highest BCUT2D eigenvalue weighted by Gasteiger charge is 1.97. The standard InChI is InChI=1S/2C6H8O2.CH2O3/c2*1-4-8-6(7)5(2)3;2-1(3)4/h2*4H,1-2H2,3H3;(H2,2,3,4). The van der Waals surface area contributed by atoms with E-state index in [1.165, 1.54) is 0 Å². The molecule has 2 N–H and O–H groups in total. The molecule has 0 atom stereocenters. The van der Waals surface area contributed by atoms with Gasteiger partial charge in [-0.3, -0.25) is 0 Å². The summed E-state index contributed by atoms with van der Waals surface area (Å²) in [7, 11) is 0. The molecule has 0 amide bonds. The summed E-state index contributed by atoms with van der Waals surface area (Å²) >= 11 is 0. The minimum absolute atomic E-state index is 0.380. The van der Waals surface area contributed by atoms with Gasteiger partial charge in [-0.2, -0.15) is 0 Å². The largest absolute Gasteiger partial charge is 0.503 e. The van der Waals surface area contributed by atoms with Crippen LogP contribution < -0.4 is 0 Å². The lowest BCUT2D eigenvalue weighted by molar-refractivity contribution is -0.134. The SMILES string of the molecule is C=COC(=O)C(=C)C.C=COC(=O)C(=C)C.O=C(O)O. The Labute approximate surface area is 117 Å². The predicted molar refractivity (Wildman–Crippen MR) is 72.9 cm³/mol. The molecule has 0 aromatic heterocycles. The number of hydrogen-bond acceptors (Lipinski definition) is 5. The van der Waals surface area contributed by atoms with Gasteiger partial charge < -0.3 is 19.7 Å². The van der Waals surface area contributed by atoms with Gasteiger partial charge in [0.1, 0.15) is 0 Å². The van der Waals surface area contributed by atoms with Crippen LogP contribution in [-0.2, 0) is 19.1 Å². The molecule has 0 saturated heterocycles. The Bertz CT molecular complexity index is 358. The molecule has 0 aliphatic carbocycles. The van der Waals surface area contributed by atoms with Gasteiger partial charge in [0, 0.05) is 11.1 Å². The van der Waals surface area contributed by atoms with Crippen molar-refractivity contribution in [3.05, 3.63) is 50.0 Å². The third-order valence-corrected chi connectivity index (χ3v) is 1.08. The summed E-state index contributed by atoms with van der Waals surface area (Å²) < 4.78 is 8.66. The van der Waals surface area contributed by atoms with Crippen LogP contribution in [-0.4, -0.2) is 28.3 Å². The van der Waals surface area contributed by atoms with Gasteiger partial charge in [0.05, 0.1) is 12.5 Å². The van der Waals surface area contributed by atoms with Gasteiger partial charge in [0.25, 0.3) is 0 Å². The van der Waals surface area contributed by atoms with Crippen molar-refractivity contribution in [3.8, 4) is 0 Å². The molecule has 0 rings (SSSR count). The molecule has 0 aromatic rings. The van der Waals surface area contributed by atoms with Crippen molar-refractivity contribution in [2.75, 3.05) is 0 Å². The molecular weight excluding hydrogens is 268 g/mol. The Morgan fingerprint density at radius 3 is 1.10 bits per heavy atom. The Hall–Kier alpha value is -2.83. The van der Waals surface area contributed by atoms with Gasteiger partial charge in [-0.15, -0.1) is 0 Å². The maximum atomic E-state index is 10.3. The molecule has 0 aliphatic heterocycles. The lowest BCUT2D eigenvalue weighted by Crippen LogP contribution is -1.98. The molecule has 0 fully saturated rings. The third-order valence-electron chi connectivity index (χ3n) is 1.08. The smallest absolute Gasteiger partial charge is 0.450 e. The van der Waals surface area contributed by atoms with Crippen molar-refractivity contribution < 1.29 is 34.1 Å². The first-order chi connectivity index (χ1) is 9.09. The monoisotopic (exact) mass is 286 g/mol. The lowest BCUT2D eigenvalue weighted by Gasteiger charge is -1.92. The van der Waals surface area contributed by atoms with E-state index in [1.807, 2.05) is 0 Å². The lowest BCUT2D eigenvalue weighted by atomic mass is 10.4. The highest BCUT2D eigenvalue weighted by Crippen LogP contribution is 1.90. The molecule has 0 radical (unpaired) electrons. The molecule has 0 aliphatic rings. The summed E-state index contributed by atoms with van der Waals surface area (Å²) in [4.78, 5) is 29.3. The highest BCUT2D eigenvalue weighted by molar-refractivity contribution is 5.87. The molecule has 112 valence electrons. The van der Waals surface area contributed by atoms with E-state index in [1.54, 1.807) is 13.8 Å². The quantitative estimate of drug-likeness (QED) is 0.464. The highest BCUT2D eigenvalue weighted by atomic mass is 16.6. The average molecular weight is 286 g/mol. The second-order valence-corrected chi connectivity index (χ2v) is 2.99. The summed E-state index contributed by atoms with van der Waals surface area (Å²) in [5.74, 6) is -0.861. The van der Waals surface area contributed by atoms with Crippen LogP contribution in [0.2, 0.25) is 0 Å². The van der Waals surface area contributed by atoms with Crippen LogP contribution in [0.25, 0.3) is 0 Å². The Morgan fingerprint density at radius 1 is 0.850 bits per heavy atom. The van der Waals surface area contributed by atoms with E-state index in [-0.39, 0.29) is 0 Å². The Kier molecular flexibility index (Phi) is 15.9. The number of carboxylic acid groups (broad SMARTS) is 2. The van der Waals surface area contributed by atoms with Crippen molar-refractivity contribution >= 4 is 18.1 Å². The van der Waals surface area contributed by atoms with Crippen molar-refractivity contribution in [2.24, 2.45) is 0 Å². The maximum absolute atomic E-state index is 10.3. The zero-order valence-electron chi connectivity index (χ0n) is 11.4. The van der Waals surface area contributed by atoms with Gasteiger partial charge in [0.15, 0.2) is 0 Å². The summed E-state index contributed by atoms with van der Waals surface area (Å²) in [6.07, 6.45) is 0.327. The Morgan fingerprint density at radius 2 is 1.05 bits per heavy atom. The van der Waals surface area contributed by atoms with E-state index >= 15 is 0 Å². The fourth-order valence-electron chi connectivity index (χ4n) is 0.353. The normalized spacial score (nSPS) is 7.30. The molecule has 7 nitrogen and oxygen atoms in total. The molecule has 20 heavy (non-hydrogen) atoms. The van der Waals surface area contributed by atoms with Crippen LogP contribution >= 0.6 is 0 Å². The van der Waals surface area contributed by atoms with Gasteiger partial charge >= 0.3 is 18.1 Å². The zero-order valence-corrected chi connectivity index (χ0v) is 11.4. The van der Waals surface area contributed by atoms with Crippen LogP contribution in [0.3, 0.4) is 0 Å².